The topological polar surface area (TPSA) is 93.4 Å². The average Bonchev–Trinajstić information content (AvgIpc) is 2.31. The van der Waals surface area contributed by atoms with E-state index in [0.29, 0.717) is 23.1 Å². The molecule has 3 amide bonds. The van der Waals surface area contributed by atoms with Crippen LogP contribution in [0, 0.1) is 0 Å². The smallest absolute Gasteiger partial charge is 0.319 e. The molecule has 1 aromatic carbocycles. The van der Waals surface area contributed by atoms with Crippen molar-refractivity contribution >= 4 is 29.2 Å². The van der Waals surface area contributed by atoms with Gasteiger partial charge in [0.2, 0.25) is 5.91 Å². The zero-order valence-corrected chi connectivity index (χ0v) is 12.2. The maximum Gasteiger partial charge on any atom is 0.319 e. The van der Waals surface area contributed by atoms with Crippen LogP contribution in [0.5, 0.6) is 5.75 Å². The average molecular weight is 300 g/mol. The number of ether oxygens (including phenoxy) is 1. The van der Waals surface area contributed by atoms with Gasteiger partial charge in [-0.1, -0.05) is 11.6 Å². The Morgan fingerprint density at radius 2 is 2.15 bits per heavy atom. The molecule has 6 nitrogen and oxygen atoms in total. The van der Waals surface area contributed by atoms with Crippen molar-refractivity contribution in [2.75, 3.05) is 11.9 Å². The summed E-state index contributed by atoms with van der Waals surface area (Å²) >= 11 is 6.01. The van der Waals surface area contributed by atoms with Gasteiger partial charge in [-0.25, -0.2) is 4.79 Å². The number of primary amides is 1. The lowest BCUT2D eigenvalue weighted by atomic mass is 10.2. The number of halogens is 1. The van der Waals surface area contributed by atoms with Gasteiger partial charge in [-0.05, 0) is 32.0 Å². The molecule has 0 radical (unpaired) electrons. The SMILES string of the molecule is CCOc1ccc(NC(=O)N[C@@H](C)CC(N)=O)cc1Cl. The number of hydrogen-bond acceptors (Lipinski definition) is 3. The van der Waals surface area contributed by atoms with Crippen LogP contribution in [0.25, 0.3) is 0 Å². The Morgan fingerprint density at radius 3 is 2.70 bits per heavy atom. The van der Waals surface area contributed by atoms with E-state index in [1.807, 2.05) is 6.92 Å². The first-order valence-electron chi connectivity index (χ1n) is 6.20. The Kier molecular flexibility index (Phi) is 6.11. The van der Waals surface area contributed by atoms with Gasteiger partial charge in [0.25, 0.3) is 0 Å². The third-order valence-electron chi connectivity index (χ3n) is 2.37. The molecule has 0 bridgehead atoms. The molecule has 0 aliphatic rings. The molecule has 0 aromatic heterocycles. The second kappa shape index (κ2) is 7.59. The van der Waals surface area contributed by atoms with Gasteiger partial charge in [-0.2, -0.15) is 0 Å². The second-order valence-corrected chi connectivity index (χ2v) is 4.66. The summed E-state index contributed by atoms with van der Waals surface area (Å²) in [5.74, 6) is 0.0872. The molecular weight excluding hydrogens is 282 g/mol. The fraction of sp³-hybridized carbons (Fsp3) is 0.385. The number of hydrogen-bond donors (Lipinski definition) is 3. The van der Waals surface area contributed by atoms with E-state index < -0.39 is 11.9 Å². The Hall–Kier alpha value is -1.95. The third-order valence-corrected chi connectivity index (χ3v) is 2.67. The number of amides is 3. The molecule has 0 aliphatic carbocycles. The molecule has 4 N–H and O–H groups in total. The number of nitrogens with two attached hydrogens (primary N) is 1. The first-order valence-corrected chi connectivity index (χ1v) is 6.58. The predicted octanol–water partition coefficient (Wildman–Crippen LogP) is 2.12. The molecule has 0 heterocycles. The van der Waals surface area contributed by atoms with E-state index in [0.717, 1.165) is 0 Å². The second-order valence-electron chi connectivity index (χ2n) is 4.25. The summed E-state index contributed by atoms with van der Waals surface area (Å²) in [5.41, 5.74) is 5.57. The number of urea groups is 1. The van der Waals surface area contributed by atoms with Gasteiger partial charge in [-0.3, -0.25) is 4.79 Å². The number of benzene rings is 1. The summed E-state index contributed by atoms with van der Waals surface area (Å²) in [4.78, 5) is 22.4. The summed E-state index contributed by atoms with van der Waals surface area (Å²) < 4.78 is 5.29. The molecule has 0 saturated heterocycles. The van der Waals surface area contributed by atoms with Gasteiger partial charge >= 0.3 is 6.03 Å². The maximum atomic E-state index is 11.7. The summed E-state index contributed by atoms with van der Waals surface area (Å²) in [7, 11) is 0. The first kappa shape index (κ1) is 16.1. The standard InChI is InChI=1S/C13H18ClN3O3/c1-3-20-11-5-4-9(7-10(11)14)17-13(19)16-8(2)6-12(15)18/h4-5,7-8H,3,6H2,1-2H3,(H2,15,18)(H2,16,17,19)/t8-/m0/s1. The highest BCUT2D eigenvalue weighted by molar-refractivity contribution is 6.32. The van der Waals surface area contributed by atoms with Crippen molar-refractivity contribution in [1.29, 1.82) is 0 Å². The van der Waals surface area contributed by atoms with Crippen molar-refractivity contribution in [3.05, 3.63) is 23.2 Å². The number of rotatable bonds is 6. The van der Waals surface area contributed by atoms with Gasteiger partial charge in [-0.15, -0.1) is 0 Å². The van der Waals surface area contributed by atoms with Gasteiger partial charge < -0.3 is 21.1 Å². The minimum Gasteiger partial charge on any atom is -0.492 e. The number of carbonyl (C=O) groups is 2. The van der Waals surface area contributed by atoms with Crippen LogP contribution < -0.4 is 21.1 Å². The summed E-state index contributed by atoms with van der Waals surface area (Å²) in [6, 6.07) is 4.17. The molecule has 0 aliphatic heterocycles. The van der Waals surface area contributed by atoms with Crippen LogP contribution in [-0.4, -0.2) is 24.6 Å². The molecule has 1 atom stereocenters. The van der Waals surface area contributed by atoms with E-state index in [9.17, 15) is 9.59 Å². The fourth-order valence-electron chi connectivity index (χ4n) is 1.59. The van der Waals surface area contributed by atoms with Gasteiger partial charge in [0, 0.05) is 18.2 Å². The van der Waals surface area contributed by atoms with E-state index in [2.05, 4.69) is 10.6 Å². The summed E-state index contributed by atoms with van der Waals surface area (Å²) in [5, 5.41) is 5.62. The van der Waals surface area contributed by atoms with E-state index in [1.54, 1.807) is 25.1 Å². The Balaban J connectivity index is 2.58. The van der Waals surface area contributed by atoms with Crippen molar-refractivity contribution < 1.29 is 14.3 Å². The zero-order chi connectivity index (χ0) is 15.1. The van der Waals surface area contributed by atoms with Crippen LogP contribution >= 0.6 is 11.6 Å². The third kappa shape index (κ3) is 5.36. The van der Waals surface area contributed by atoms with Crippen molar-refractivity contribution in [1.82, 2.24) is 5.32 Å². The number of nitrogens with one attached hydrogen (secondary N) is 2. The zero-order valence-electron chi connectivity index (χ0n) is 11.4. The van der Waals surface area contributed by atoms with E-state index in [4.69, 9.17) is 22.1 Å². The van der Waals surface area contributed by atoms with Crippen LogP contribution in [0.1, 0.15) is 20.3 Å². The van der Waals surface area contributed by atoms with E-state index >= 15 is 0 Å². The van der Waals surface area contributed by atoms with Crippen LogP contribution in [-0.2, 0) is 4.79 Å². The van der Waals surface area contributed by atoms with Crippen molar-refractivity contribution in [3.63, 3.8) is 0 Å². The molecule has 7 heteroatoms. The van der Waals surface area contributed by atoms with Crippen LogP contribution in [0.15, 0.2) is 18.2 Å². The van der Waals surface area contributed by atoms with Crippen LogP contribution in [0.3, 0.4) is 0 Å². The van der Waals surface area contributed by atoms with Gasteiger partial charge in [0.1, 0.15) is 5.75 Å². The van der Waals surface area contributed by atoms with Crippen LogP contribution in [0.4, 0.5) is 10.5 Å². The highest BCUT2D eigenvalue weighted by Gasteiger charge is 2.10. The predicted molar refractivity (Wildman–Crippen MR) is 78.0 cm³/mol. The van der Waals surface area contributed by atoms with Crippen molar-refractivity contribution in [2.24, 2.45) is 5.73 Å². The largest absolute Gasteiger partial charge is 0.492 e. The number of carbonyl (C=O) groups excluding carboxylic acids is 2. The van der Waals surface area contributed by atoms with Crippen molar-refractivity contribution in [2.45, 2.75) is 26.3 Å². The number of anilines is 1. The molecule has 0 fully saturated rings. The van der Waals surface area contributed by atoms with E-state index in [-0.39, 0.29) is 12.5 Å². The molecule has 0 unspecified atom stereocenters. The fourth-order valence-corrected chi connectivity index (χ4v) is 1.83. The molecule has 0 saturated carbocycles. The highest BCUT2D eigenvalue weighted by atomic mass is 35.5. The maximum absolute atomic E-state index is 11.7. The monoisotopic (exact) mass is 299 g/mol. The van der Waals surface area contributed by atoms with Gasteiger partial charge in [0.05, 0.1) is 11.6 Å². The Morgan fingerprint density at radius 1 is 1.45 bits per heavy atom. The normalized spacial score (nSPS) is 11.6. The minimum absolute atomic E-state index is 0.0808. The molecule has 1 aromatic rings. The molecule has 0 spiro atoms. The highest BCUT2D eigenvalue weighted by Crippen LogP contribution is 2.27. The Bertz CT molecular complexity index is 494. The molecule has 1 rings (SSSR count). The molecule has 20 heavy (non-hydrogen) atoms. The van der Waals surface area contributed by atoms with Crippen molar-refractivity contribution in [3.8, 4) is 5.75 Å². The lowest BCUT2D eigenvalue weighted by Crippen LogP contribution is -2.38. The minimum atomic E-state index is -0.470. The quantitative estimate of drug-likeness (QED) is 0.751. The Labute approximate surface area is 122 Å². The molecular formula is C13H18ClN3O3. The lowest BCUT2D eigenvalue weighted by Gasteiger charge is -2.13. The first-order chi connectivity index (χ1) is 9.42. The van der Waals surface area contributed by atoms with E-state index in [1.165, 1.54) is 0 Å². The molecule has 110 valence electrons. The summed E-state index contributed by atoms with van der Waals surface area (Å²) in [6.07, 6.45) is 0.0808. The lowest BCUT2D eigenvalue weighted by molar-refractivity contribution is -0.118. The summed E-state index contributed by atoms with van der Waals surface area (Å²) in [6.45, 7) is 4.06. The van der Waals surface area contributed by atoms with Gasteiger partial charge in [0.15, 0.2) is 0 Å². The van der Waals surface area contributed by atoms with Crippen LogP contribution in [0.2, 0.25) is 5.02 Å².